The lowest BCUT2D eigenvalue weighted by molar-refractivity contribution is -0.143. The minimum atomic E-state index is -0.374. The van der Waals surface area contributed by atoms with E-state index >= 15 is 0 Å². The zero-order chi connectivity index (χ0) is 16.0. The highest BCUT2D eigenvalue weighted by molar-refractivity contribution is 5.97. The van der Waals surface area contributed by atoms with Crippen LogP contribution in [0.3, 0.4) is 0 Å². The van der Waals surface area contributed by atoms with Gasteiger partial charge < -0.3 is 9.64 Å². The summed E-state index contributed by atoms with van der Waals surface area (Å²) in [6.07, 6.45) is 0. The first-order chi connectivity index (χ1) is 9.81. The van der Waals surface area contributed by atoms with Gasteiger partial charge in [0.05, 0.1) is 6.61 Å². The Balaban J connectivity index is 3.04. The summed E-state index contributed by atoms with van der Waals surface area (Å²) in [6, 6.07) is 7.56. The van der Waals surface area contributed by atoms with Crippen LogP contribution in [0.4, 0.5) is 0 Å². The second-order valence-corrected chi connectivity index (χ2v) is 5.92. The minimum Gasteiger partial charge on any atom is -0.465 e. The second kappa shape index (κ2) is 7.25. The van der Waals surface area contributed by atoms with Crippen LogP contribution < -0.4 is 0 Å². The summed E-state index contributed by atoms with van der Waals surface area (Å²) >= 11 is 0. The summed E-state index contributed by atoms with van der Waals surface area (Å²) < 4.78 is 4.92. The number of ether oxygens (including phenoxy) is 1. The third kappa shape index (κ3) is 4.59. The van der Waals surface area contributed by atoms with Crippen LogP contribution in [0.15, 0.2) is 24.3 Å². The van der Waals surface area contributed by atoms with Crippen LogP contribution in [0.5, 0.6) is 0 Å². The van der Waals surface area contributed by atoms with E-state index in [0.29, 0.717) is 18.7 Å². The molecule has 0 atom stereocenters. The van der Waals surface area contributed by atoms with E-state index in [-0.39, 0.29) is 23.8 Å². The van der Waals surface area contributed by atoms with Crippen molar-refractivity contribution in [1.29, 1.82) is 0 Å². The zero-order valence-electron chi connectivity index (χ0n) is 13.6. The Bertz CT molecular complexity index is 503. The Morgan fingerprint density at radius 2 is 1.76 bits per heavy atom. The van der Waals surface area contributed by atoms with Gasteiger partial charge >= 0.3 is 5.97 Å². The molecular formula is C17H25NO3. The molecule has 0 fully saturated rings. The molecule has 1 aromatic carbocycles. The fourth-order valence-electron chi connectivity index (χ4n) is 2.18. The average molecular weight is 291 g/mol. The summed E-state index contributed by atoms with van der Waals surface area (Å²) in [5.41, 5.74) is 1.50. The molecule has 0 unspecified atom stereocenters. The van der Waals surface area contributed by atoms with Gasteiger partial charge in [0.2, 0.25) is 0 Å². The maximum Gasteiger partial charge on any atom is 0.325 e. The van der Waals surface area contributed by atoms with Crippen molar-refractivity contribution >= 4 is 11.9 Å². The van der Waals surface area contributed by atoms with Gasteiger partial charge in [-0.3, -0.25) is 9.59 Å². The Labute approximate surface area is 127 Å². The number of rotatable bonds is 5. The molecule has 0 aliphatic rings. The smallest absolute Gasteiger partial charge is 0.325 e. The van der Waals surface area contributed by atoms with Crippen molar-refractivity contribution in [1.82, 2.24) is 4.90 Å². The number of esters is 1. The largest absolute Gasteiger partial charge is 0.465 e. The highest BCUT2D eigenvalue weighted by Gasteiger charge is 2.25. The van der Waals surface area contributed by atoms with Gasteiger partial charge in [-0.05, 0) is 30.9 Å². The molecule has 0 spiro atoms. The number of benzene rings is 1. The summed E-state index contributed by atoms with van der Waals surface area (Å²) in [5.74, 6) is -0.503. The number of hydrogen-bond donors (Lipinski definition) is 0. The monoisotopic (exact) mass is 291 g/mol. The van der Waals surface area contributed by atoms with Gasteiger partial charge in [-0.1, -0.05) is 39.0 Å². The van der Waals surface area contributed by atoms with Crippen molar-refractivity contribution < 1.29 is 14.3 Å². The van der Waals surface area contributed by atoms with Gasteiger partial charge in [0.15, 0.2) is 0 Å². The number of carbonyl (C=O) groups excluding carboxylic acids is 2. The fraction of sp³-hybridized carbons (Fsp3) is 0.529. The molecule has 0 radical (unpaired) electrons. The highest BCUT2D eigenvalue weighted by atomic mass is 16.5. The van der Waals surface area contributed by atoms with Crippen molar-refractivity contribution in [2.45, 2.75) is 40.0 Å². The van der Waals surface area contributed by atoms with Crippen molar-refractivity contribution in [2.24, 2.45) is 0 Å². The molecule has 1 amide bonds. The Kier molecular flexibility index (Phi) is 5.94. The maximum absolute atomic E-state index is 12.7. The quantitative estimate of drug-likeness (QED) is 0.783. The van der Waals surface area contributed by atoms with Crippen molar-refractivity contribution in [2.75, 3.05) is 19.7 Å². The number of hydrogen-bond acceptors (Lipinski definition) is 3. The SMILES string of the molecule is CCOC(=O)CN(CC)C(=O)c1ccccc1C(C)(C)C. The lowest BCUT2D eigenvalue weighted by Crippen LogP contribution is -2.37. The molecule has 0 saturated heterocycles. The molecule has 0 bridgehead atoms. The van der Waals surface area contributed by atoms with Gasteiger partial charge in [0.25, 0.3) is 5.91 Å². The molecule has 1 rings (SSSR count). The third-order valence-corrected chi connectivity index (χ3v) is 3.26. The topological polar surface area (TPSA) is 46.6 Å². The molecule has 0 aliphatic carbocycles. The predicted octanol–water partition coefficient (Wildman–Crippen LogP) is 3.01. The van der Waals surface area contributed by atoms with Crippen LogP contribution in [0.1, 0.15) is 50.5 Å². The molecule has 1 aromatic rings. The van der Waals surface area contributed by atoms with Gasteiger partial charge in [-0.25, -0.2) is 0 Å². The number of nitrogens with zero attached hydrogens (tertiary/aromatic N) is 1. The molecule has 0 aromatic heterocycles. The van der Waals surface area contributed by atoms with Crippen LogP contribution in [-0.4, -0.2) is 36.5 Å². The zero-order valence-corrected chi connectivity index (χ0v) is 13.6. The first kappa shape index (κ1) is 17.2. The van der Waals surface area contributed by atoms with E-state index < -0.39 is 0 Å². The summed E-state index contributed by atoms with van der Waals surface area (Å²) in [7, 11) is 0. The molecule has 116 valence electrons. The Morgan fingerprint density at radius 3 is 2.29 bits per heavy atom. The van der Waals surface area contributed by atoms with Crippen molar-refractivity contribution in [3.05, 3.63) is 35.4 Å². The summed E-state index contributed by atoms with van der Waals surface area (Å²) in [4.78, 5) is 25.8. The number of amides is 1. The van der Waals surface area contributed by atoms with Crippen LogP contribution in [0.25, 0.3) is 0 Å². The Morgan fingerprint density at radius 1 is 1.14 bits per heavy atom. The second-order valence-electron chi connectivity index (χ2n) is 5.92. The van der Waals surface area contributed by atoms with Crippen molar-refractivity contribution in [3.8, 4) is 0 Å². The first-order valence-corrected chi connectivity index (χ1v) is 7.35. The van der Waals surface area contributed by atoms with Gasteiger partial charge in [-0.15, -0.1) is 0 Å². The maximum atomic E-state index is 12.7. The number of likely N-dealkylation sites (N-methyl/N-ethyl adjacent to an activating group) is 1. The van der Waals surface area contributed by atoms with E-state index in [9.17, 15) is 9.59 Å². The molecule has 0 aliphatic heterocycles. The van der Waals surface area contributed by atoms with E-state index in [0.717, 1.165) is 5.56 Å². The molecule has 0 saturated carbocycles. The highest BCUT2D eigenvalue weighted by Crippen LogP contribution is 2.26. The van der Waals surface area contributed by atoms with E-state index in [2.05, 4.69) is 20.8 Å². The third-order valence-electron chi connectivity index (χ3n) is 3.26. The van der Waals surface area contributed by atoms with E-state index in [1.807, 2.05) is 31.2 Å². The fourth-order valence-corrected chi connectivity index (χ4v) is 2.18. The molecule has 0 heterocycles. The van der Waals surface area contributed by atoms with Crippen LogP contribution >= 0.6 is 0 Å². The van der Waals surface area contributed by atoms with E-state index in [1.165, 1.54) is 4.90 Å². The summed E-state index contributed by atoms with van der Waals surface area (Å²) in [5, 5.41) is 0. The van der Waals surface area contributed by atoms with E-state index in [4.69, 9.17) is 4.74 Å². The molecule has 0 N–H and O–H groups in total. The first-order valence-electron chi connectivity index (χ1n) is 7.35. The lowest BCUT2D eigenvalue weighted by atomic mass is 9.83. The van der Waals surface area contributed by atoms with Crippen LogP contribution in [0, 0.1) is 0 Å². The predicted molar refractivity (Wildman–Crippen MR) is 83.4 cm³/mol. The lowest BCUT2D eigenvalue weighted by Gasteiger charge is -2.26. The number of carbonyl (C=O) groups is 2. The van der Waals surface area contributed by atoms with E-state index in [1.54, 1.807) is 6.92 Å². The molecule has 4 nitrogen and oxygen atoms in total. The molecule has 21 heavy (non-hydrogen) atoms. The molecular weight excluding hydrogens is 266 g/mol. The normalized spacial score (nSPS) is 11.1. The van der Waals surface area contributed by atoms with Gasteiger partial charge in [-0.2, -0.15) is 0 Å². The van der Waals surface area contributed by atoms with Crippen molar-refractivity contribution in [3.63, 3.8) is 0 Å². The van der Waals surface area contributed by atoms with Crippen LogP contribution in [-0.2, 0) is 14.9 Å². The Hall–Kier alpha value is -1.84. The van der Waals surface area contributed by atoms with Crippen LogP contribution in [0.2, 0.25) is 0 Å². The van der Waals surface area contributed by atoms with Gasteiger partial charge in [0, 0.05) is 12.1 Å². The van der Waals surface area contributed by atoms with Gasteiger partial charge in [0.1, 0.15) is 6.54 Å². The minimum absolute atomic E-state index is 0.0123. The standard InChI is InChI=1S/C17H25NO3/c1-6-18(12-15(19)21-7-2)16(20)13-10-8-9-11-14(13)17(3,4)5/h8-11H,6-7,12H2,1-5H3. The average Bonchev–Trinajstić information content (AvgIpc) is 2.43. The molecule has 4 heteroatoms. The summed E-state index contributed by atoms with van der Waals surface area (Å²) in [6.45, 7) is 10.6.